The maximum atomic E-state index is 14.4. The fraction of sp³-hybridized carbons (Fsp3) is 0.200. The molecule has 6 rings (SSSR count). The fourth-order valence-corrected chi connectivity index (χ4v) is 7.95. The van der Waals surface area contributed by atoms with Crippen molar-refractivity contribution < 1.29 is 18.0 Å². The maximum absolute atomic E-state index is 14.4. The molecule has 4 aromatic rings. The summed E-state index contributed by atoms with van der Waals surface area (Å²) >= 11 is 0. The van der Waals surface area contributed by atoms with E-state index in [1.807, 2.05) is 69.4 Å². The van der Waals surface area contributed by atoms with E-state index in [4.69, 9.17) is 5.10 Å². The van der Waals surface area contributed by atoms with E-state index in [2.05, 4.69) is 12.1 Å². The molecular weight excluding hydrogens is 572 g/mol. The van der Waals surface area contributed by atoms with Gasteiger partial charge in [-0.3, -0.25) is 14.5 Å². The molecule has 220 valence electrons. The zero-order valence-electron chi connectivity index (χ0n) is 24.6. The third-order valence-corrected chi connectivity index (χ3v) is 9.88. The number of hydrogen-bond acceptors (Lipinski definition) is 6. The molecule has 1 fully saturated rings. The summed E-state index contributed by atoms with van der Waals surface area (Å²) in [5.74, 6) is -1.85. The summed E-state index contributed by atoms with van der Waals surface area (Å²) in [6, 6.07) is 23.8. The van der Waals surface area contributed by atoms with Crippen molar-refractivity contribution in [3.63, 3.8) is 0 Å². The topological polar surface area (TPSA) is 113 Å². The van der Waals surface area contributed by atoms with Crippen LogP contribution in [-0.4, -0.2) is 52.5 Å². The Bertz CT molecular complexity index is 2010. The van der Waals surface area contributed by atoms with E-state index in [0.29, 0.717) is 16.8 Å². The van der Waals surface area contributed by atoms with E-state index < -0.39 is 27.7 Å². The van der Waals surface area contributed by atoms with Gasteiger partial charge in [0, 0.05) is 22.9 Å². The number of nitrogens with zero attached hydrogens (tertiary/aromatic N) is 4. The smallest absolute Gasteiger partial charge is 0.270 e. The van der Waals surface area contributed by atoms with Crippen molar-refractivity contribution in [2.24, 2.45) is 0 Å². The number of benzene rings is 3. The summed E-state index contributed by atoms with van der Waals surface area (Å²) in [6.45, 7) is 6.07. The molecule has 2 aliphatic rings. The van der Waals surface area contributed by atoms with Crippen LogP contribution in [0.15, 0.2) is 90.1 Å². The van der Waals surface area contributed by atoms with Gasteiger partial charge in [-0.2, -0.15) is 10.4 Å². The standard InChI is InChI=1S/C35H30N4O4S/c1-22-16-23(2)31(24(3)17-22)33-26(20-38(37-33)27-12-8-5-9-13-27)18-29-32(25-10-6-4-7-11-25)30(19-36)35(41)39(34(29)40)28-14-15-44(42,43)21-28/h4-13,16-18,20,28H,14-15,21H2,1-3H3/b29-18-. The van der Waals surface area contributed by atoms with Crippen molar-refractivity contribution in [1.29, 1.82) is 5.26 Å². The lowest BCUT2D eigenvalue weighted by Crippen LogP contribution is -2.49. The Morgan fingerprint density at radius 1 is 0.932 bits per heavy atom. The van der Waals surface area contributed by atoms with Gasteiger partial charge in [-0.1, -0.05) is 66.2 Å². The molecule has 1 saturated heterocycles. The third kappa shape index (κ3) is 5.18. The van der Waals surface area contributed by atoms with Crippen LogP contribution in [0.2, 0.25) is 0 Å². The minimum Gasteiger partial charge on any atom is -0.270 e. The molecule has 1 unspecified atom stereocenters. The number of amides is 2. The molecule has 2 amide bonds. The first-order valence-corrected chi connectivity index (χ1v) is 16.1. The first-order valence-electron chi connectivity index (χ1n) is 14.3. The second-order valence-corrected chi connectivity index (χ2v) is 13.5. The molecule has 0 bridgehead atoms. The van der Waals surface area contributed by atoms with Gasteiger partial charge in [-0.25, -0.2) is 13.1 Å². The molecule has 0 N–H and O–H groups in total. The Morgan fingerprint density at radius 3 is 2.16 bits per heavy atom. The number of rotatable bonds is 5. The highest BCUT2D eigenvalue weighted by Crippen LogP contribution is 2.39. The number of hydrogen-bond donors (Lipinski definition) is 0. The highest BCUT2D eigenvalue weighted by molar-refractivity contribution is 7.91. The fourth-order valence-electron chi connectivity index (χ4n) is 6.25. The summed E-state index contributed by atoms with van der Waals surface area (Å²) in [5, 5.41) is 15.3. The molecule has 2 aliphatic heterocycles. The molecule has 1 atom stereocenters. The summed E-state index contributed by atoms with van der Waals surface area (Å²) in [4.78, 5) is 29.1. The molecule has 44 heavy (non-hydrogen) atoms. The Morgan fingerprint density at radius 2 is 1.57 bits per heavy atom. The zero-order chi connectivity index (χ0) is 31.2. The number of sulfone groups is 1. The van der Waals surface area contributed by atoms with Gasteiger partial charge in [0.2, 0.25) is 0 Å². The number of nitriles is 1. The Hall–Kier alpha value is -5.07. The molecule has 0 aliphatic carbocycles. The number of imide groups is 1. The molecule has 0 radical (unpaired) electrons. The van der Waals surface area contributed by atoms with Gasteiger partial charge in [0.1, 0.15) is 17.3 Å². The second kappa shape index (κ2) is 11.2. The van der Waals surface area contributed by atoms with E-state index in [1.165, 1.54) is 0 Å². The van der Waals surface area contributed by atoms with Crippen molar-refractivity contribution in [2.45, 2.75) is 33.2 Å². The van der Waals surface area contributed by atoms with Crippen LogP contribution in [0.3, 0.4) is 0 Å². The zero-order valence-corrected chi connectivity index (χ0v) is 25.4. The summed E-state index contributed by atoms with van der Waals surface area (Å²) in [7, 11) is -3.42. The molecule has 0 saturated carbocycles. The maximum Gasteiger partial charge on any atom is 0.272 e. The van der Waals surface area contributed by atoms with Crippen LogP contribution in [0.5, 0.6) is 0 Å². The largest absolute Gasteiger partial charge is 0.272 e. The van der Waals surface area contributed by atoms with Gasteiger partial charge in [-0.05, 0) is 62.1 Å². The number of carbonyl (C=O) groups is 2. The lowest BCUT2D eigenvalue weighted by molar-refractivity contribution is -0.142. The van der Waals surface area contributed by atoms with E-state index in [0.717, 1.165) is 32.8 Å². The van der Waals surface area contributed by atoms with Gasteiger partial charge >= 0.3 is 0 Å². The minimum absolute atomic E-state index is 0.120. The van der Waals surface area contributed by atoms with Gasteiger partial charge in [-0.15, -0.1) is 0 Å². The Balaban J connectivity index is 1.63. The molecule has 8 nitrogen and oxygen atoms in total. The molecule has 9 heteroatoms. The van der Waals surface area contributed by atoms with Gasteiger partial charge < -0.3 is 0 Å². The van der Waals surface area contributed by atoms with Crippen molar-refractivity contribution in [2.75, 3.05) is 11.5 Å². The lowest BCUT2D eigenvalue weighted by atomic mass is 9.86. The van der Waals surface area contributed by atoms with Crippen LogP contribution < -0.4 is 0 Å². The van der Waals surface area contributed by atoms with Crippen LogP contribution in [-0.2, 0) is 19.4 Å². The predicted molar refractivity (Wildman–Crippen MR) is 169 cm³/mol. The van der Waals surface area contributed by atoms with Crippen LogP contribution in [0.4, 0.5) is 0 Å². The molecule has 1 aromatic heterocycles. The van der Waals surface area contributed by atoms with Gasteiger partial charge in [0.05, 0.1) is 28.8 Å². The van der Waals surface area contributed by atoms with E-state index in [-0.39, 0.29) is 34.6 Å². The first-order chi connectivity index (χ1) is 21.1. The normalized spacial score (nSPS) is 19.1. The number of carbonyl (C=O) groups excluding carboxylic acids is 2. The quantitative estimate of drug-likeness (QED) is 0.224. The lowest BCUT2D eigenvalue weighted by Gasteiger charge is -2.32. The average Bonchev–Trinajstić information content (AvgIpc) is 3.57. The third-order valence-electron chi connectivity index (χ3n) is 8.13. The van der Waals surface area contributed by atoms with Crippen molar-refractivity contribution in [1.82, 2.24) is 14.7 Å². The second-order valence-electron chi connectivity index (χ2n) is 11.3. The van der Waals surface area contributed by atoms with Gasteiger partial charge in [0.15, 0.2) is 9.84 Å². The summed E-state index contributed by atoms with van der Waals surface area (Å²) in [5.41, 5.74) is 6.82. The Kier molecular flexibility index (Phi) is 7.39. The van der Waals surface area contributed by atoms with Crippen LogP contribution in [0, 0.1) is 32.1 Å². The van der Waals surface area contributed by atoms with Crippen molar-refractivity contribution in [3.8, 4) is 23.0 Å². The van der Waals surface area contributed by atoms with Crippen LogP contribution in [0.1, 0.15) is 34.2 Å². The first kappa shape index (κ1) is 29.0. The SMILES string of the molecule is Cc1cc(C)c(-c2nn(-c3ccccc3)cc2/C=C2\C(=O)N(C3CCS(=O)(=O)C3)C(=O)C(C#N)=C2c2ccccc2)c(C)c1. The average molecular weight is 603 g/mol. The minimum atomic E-state index is -3.42. The van der Waals surface area contributed by atoms with Gasteiger partial charge in [0.25, 0.3) is 11.8 Å². The van der Waals surface area contributed by atoms with E-state index >= 15 is 0 Å². The van der Waals surface area contributed by atoms with Crippen molar-refractivity contribution in [3.05, 3.63) is 118 Å². The monoisotopic (exact) mass is 602 g/mol. The van der Waals surface area contributed by atoms with Crippen molar-refractivity contribution >= 4 is 33.3 Å². The predicted octanol–water partition coefficient (Wildman–Crippen LogP) is 5.38. The summed E-state index contributed by atoms with van der Waals surface area (Å²) < 4.78 is 26.5. The molecule has 3 heterocycles. The highest BCUT2D eigenvalue weighted by Gasteiger charge is 2.45. The molecule has 3 aromatic carbocycles. The van der Waals surface area contributed by atoms with Crippen LogP contribution >= 0.6 is 0 Å². The Labute approximate surface area is 256 Å². The van der Waals surface area contributed by atoms with Crippen LogP contribution in [0.25, 0.3) is 28.6 Å². The number of aryl methyl sites for hydroxylation is 3. The highest BCUT2D eigenvalue weighted by atomic mass is 32.2. The molecular formula is C35H30N4O4S. The number of aromatic nitrogens is 2. The number of para-hydroxylation sites is 1. The van der Waals surface area contributed by atoms with E-state index in [1.54, 1.807) is 35.0 Å². The summed E-state index contributed by atoms with van der Waals surface area (Å²) in [6.07, 6.45) is 3.65. The molecule has 0 spiro atoms. The van der Waals surface area contributed by atoms with E-state index in [9.17, 15) is 23.3 Å².